The molecule has 0 aliphatic carbocycles. The minimum atomic E-state index is -1.20. The summed E-state index contributed by atoms with van der Waals surface area (Å²) in [6.45, 7) is 9.02. The van der Waals surface area contributed by atoms with Crippen molar-refractivity contribution < 1.29 is 29.3 Å². The maximum absolute atomic E-state index is 12.4. The van der Waals surface area contributed by atoms with Gasteiger partial charge in [-0.15, -0.1) is 0 Å². The second-order valence-corrected chi connectivity index (χ2v) is 8.21. The molecule has 0 saturated carbocycles. The van der Waals surface area contributed by atoms with Crippen molar-refractivity contribution >= 4 is 11.9 Å². The topological polar surface area (TPSA) is 93.1 Å². The zero-order valence-electron chi connectivity index (χ0n) is 16.8. The van der Waals surface area contributed by atoms with Crippen LogP contribution in [0.1, 0.15) is 45.0 Å². The molecule has 0 atom stereocenters. The van der Waals surface area contributed by atoms with Gasteiger partial charge in [-0.2, -0.15) is 0 Å². The van der Waals surface area contributed by atoms with E-state index in [4.69, 9.17) is 14.6 Å². The summed E-state index contributed by atoms with van der Waals surface area (Å²) in [4.78, 5) is 23.5. The van der Waals surface area contributed by atoms with E-state index in [1.165, 1.54) is 12.1 Å². The number of hydrogen-bond acceptors (Lipinski definition) is 5. The predicted molar refractivity (Wildman–Crippen MR) is 106 cm³/mol. The molecule has 0 unspecified atom stereocenters. The first kappa shape index (κ1) is 21.3. The van der Waals surface area contributed by atoms with Gasteiger partial charge in [0.15, 0.2) is 0 Å². The summed E-state index contributed by atoms with van der Waals surface area (Å²) in [7, 11) is 0. The van der Waals surface area contributed by atoms with Crippen molar-refractivity contribution in [2.24, 2.45) is 5.41 Å². The van der Waals surface area contributed by atoms with Gasteiger partial charge in [-0.25, -0.2) is 4.79 Å². The largest absolute Gasteiger partial charge is 0.507 e. The number of phenols is 1. The Morgan fingerprint density at radius 3 is 2.21 bits per heavy atom. The number of carbonyl (C=O) groups is 2. The van der Waals surface area contributed by atoms with Gasteiger partial charge < -0.3 is 19.7 Å². The summed E-state index contributed by atoms with van der Waals surface area (Å²) in [6, 6.07) is 11.5. The Balaban J connectivity index is 2.24. The highest BCUT2D eigenvalue weighted by atomic mass is 16.6. The molecule has 2 N–H and O–H groups in total. The molecule has 0 aromatic heterocycles. The Labute approximate surface area is 164 Å². The monoisotopic (exact) mass is 386 g/mol. The standard InChI is InChI=1S/C22H26O6/c1-21(2,3)28-20(26)22(4,5)13-27-18-9-7-6-8-15(18)14-10-11-16(19(24)25)17(23)12-14/h6-12,23H,13H2,1-5H3,(H,24,25). The summed E-state index contributed by atoms with van der Waals surface area (Å²) in [5.41, 5.74) is -0.345. The first-order chi connectivity index (χ1) is 12.9. The van der Waals surface area contributed by atoms with Crippen molar-refractivity contribution in [1.82, 2.24) is 0 Å². The minimum absolute atomic E-state index is 0.0954. The van der Waals surface area contributed by atoms with E-state index in [-0.39, 0.29) is 23.9 Å². The van der Waals surface area contributed by atoms with Crippen LogP contribution in [0.2, 0.25) is 0 Å². The lowest BCUT2D eigenvalue weighted by Crippen LogP contribution is -2.37. The van der Waals surface area contributed by atoms with Gasteiger partial charge in [-0.05, 0) is 58.4 Å². The Kier molecular flexibility index (Phi) is 6.02. The van der Waals surface area contributed by atoms with Crippen molar-refractivity contribution in [1.29, 1.82) is 0 Å². The number of hydrogen-bond donors (Lipinski definition) is 2. The Bertz CT molecular complexity index is 877. The van der Waals surface area contributed by atoms with Gasteiger partial charge in [0.2, 0.25) is 0 Å². The number of para-hydroxylation sites is 1. The lowest BCUT2D eigenvalue weighted by atomic mass is 9.94. The highest BCUT2D eigenvalue weighted by Gasteiger charge is 2.33. The van der Waals surface area contributed by atoms with Gasteiger partial charge in [0.05, 0.1) is 5.41 Å². The Morgan fingerprint density at radius 2 is 1.64 bits per heavy atom. The smallest absolute Gasteiger partial charge is 0.339 e. The van der Waals surface area contributed by atoms with Crippen molar-refractivity contribution in [3.63, 3.8) is 0 Å². The highest BCUT2D eigenvalue weighted by Crippen LogP contribution is 2.34. The summed E-state index contributed by atoms with van der Waals surface area (Å²) < 4.78 is 11.4. The number of carbonyl (C=O) groups excluding carboxylic acids is 1. The molecule has 6 heteroatoms. The Hall–Kier alpha value is -3.02. The van der Waals surface area contributed by atoms with E-state index < -0.39 is 17.0 Å². The molecule has 2 aromatic carbocycles. The maximum atomic E-state index is 12.4. The predicted octanol–water partition coefficient (Wildman–Crippen LogP) is 4.50. The first-order valence-corrected chi connectivity index (χ1v) is 8.93. The molecule has 0 aliphatic rings. The van der Waals surface area contributed by atoms with E-state index in [0.29, 0.717) is 16.9 Å². The number of benzene rings is 2. The van der Waals surface area contributed by atoms with E-state index in [2.05, 4.69) is 0 Å². The molecule has 28 heavy (non-hydrogen) atoms. The average molecular weight is 386 g/mol. The van der Waals surface area contributed by atoms with Crippen LogP contribution in [0.4, 0.5) is 0 Å². The van der Waals surface area contributed by atoms with Gasteiger partial charge in [-0.1, -0.05) is 24.3 Å². The average Bonchev–Trinajstić information content (AvgIpc) is 2.58. The van der Waals surface area contributed by atoms with Gasteiger partial charge in [-0.3, -0.25) is 4.79 Å². The number of aromatic carboxylic acids is 1. The van der Waals surface area contributed by atoms with Crippen LogP contribution in [-0.2, 0) is 9.53 Å². The van der Waals surface area contributed by atoms with Gasteiger partial charge in [0.1, 0.15) is 29.3 Å². The lowest BCUT2D eigenvalue weighted by molar-refractivity contribution is -0.167. The number of esters is 1. The number of carboxylic acids is 1. The molecule has 150 valence electrons. The second kappa shape index (κ2) is 7.92. The van der Waals surface area contributed by atoms with Crippen LogP contribution < -0.4 is 4.74 Å². The van der Waals surface area contributed by atoms with E-state index in [9.17, 15) is 14.7 Å². The van der Waals surface area contributed by atoms with Crippen molar-refractivity contribution in [3.05, 3.63) is 48.0 Å². The van der Waals surface area contributed by atoms with Crippen LogP contribution in [0.3, 0.4) is 0 Å². The van der Waals surface area contributed by atoms with Crippen LogP contribution in [0.15, 0.2) is 42.5 Å². The molecule has 0 saturated heterocycles. The summed E-state index contributed by atoms with van der Waals surface area (Å²) in [5.74, 6) is -1.37. The minimum Gasteiger partial charge on any atom is -0.507 e. The molecule has 0 radical (unpaired) electrons. The van der Waals surface area contributed by atoms with Crippen LogP contribution in [0.25, 0.3) is 11.1 Å². The quantitative estimate of drug-likeness (QED) is 0.710. The SMILES string of the molecule is CC(C)(C)OC(=O)C(C)(C)COc1ccccc1-c1ccc(C(=O)O)c(O)c1. The molecular formula is C22H26O6. The highest BCUT2D eigenvalue weighted by molar-refractivity contribution is 5.92. The van der Waals surface area contributed by atoms with E-state index >= 15 is 0 Å². The molecule has 0 fully saturated rings. The molecule has 2 rings (SSSR count). The summed E-state index contributed by atoms with van der Waals surface area (Å²) >= 11 is 0. The maximum Gasteiger partial charge on any atom is 0.339 e. The molecule has 0 amide bonds. The van der Waals surface area contributed by atoms with Crippen LogP contribution in [0, 0.1) is 5.41 Å². The van der Waals surface area contributed by atoms with E-state index in [1.807, 2.05) is 26.8 Å². The summed E-state index contributed by atoms with van der Waals surface area (Å²) in [5, 5.41) is 19.0. The fourth-order valence-corrected chi connectivity index (χ4v) is 2.44. The third-order valence-corrected chi connectivity index (χ3v) is 3.97. The summed E-state index contributed by atoms with van der Waals surface area (Å²) in [6.07, 6.45) is 0. The van der Waals surface area contributed by atoms with Crippen molar-refractivity contribution in [2.75, 3.05) is 6.61 Å². The van der Waals surface area contributed by atoms with E-state index in [1.54, 1.807) is 38.1 Å². The van der Waals surface area contributed by atoms with Crippen LogP contribution in [0.5, 0.6) is 11.5 Å². The molecule has 6 nitrogen and oxygen atoms in total. The molecule has 2 aromatic rings. The Morgan fingerprint density at radius 1 is 1.00 bits per heavy atom. The zero-order valence-corrected chi connectivity index (χ0v) is 16.8. The molecular weight excluding hydrogens is 360 g/mol. The number of aromatic hydroxyl groups is 1. The normalized spacial score (nSPS) is 11.8. The fourth-order valence-electron chi connectivity index (χ4n) is 2.44. The van der Waals surface area contributed by atoms with Crippen molar-refractivity contribution in [2.45, 2.75) is 40.2 Å². The number of rotatable bonds is 6. The third-order valence-electron chi connectivity index (χ3n) is 3.97. The fraction of sp³-hybridized carbons (Fsp3) is 0.364. The molecule has 0 bridgehead atoms. The van der Waals surface area contributed by atoms with Crippen molar-refractivity contribution in [3.8, 4) is 22.6 Å². The third kappa shape index (κ3) is 5.25. The lowest BCUT2D eigenvalue weighted by Gasteiger charge is -2.28. The van der Waals surface area contributed by atoms with Gasteiger partial charge >= 0.3 is 11.9 Å². The first-order valence-electron chi connectivity index (χ1n) is 8.93. The van der Waals surface area contributed by atoms with Crippen LogP contribution in [-0.4, -0.2) is 34.4 Å². The number of carboxylic acid groups (broad SMARTS) is 1. The van der Waals surface area contributed by atoms with Gasteiger partial charge in [0.25, 0.3) is 0 Å². The van der Waals surface area contributed by atoms with E-state index in [0.717, 1.165) is 0 Å². The van der Waals surface area contributed by atoms with Gasteiger partial charge in [0, 0.05) is 5.56 Å². The zero-order chi connectivity index (χ0) is 21.1. The van der Waals surface area contributed by atoms with Crippen LogP contribution >= 0.6 is 0 Å². The molecule has 0 heterocycles. The second-order valence-electron chi connectivity index (χ2n) is 8.21. The number of ether oxygens (including phenoxy) is 2. The molecule has 0 aliphatic heterocycles. The molecule has 0 spiro atoms.